The van der Waals surface area contributed by atoms with Crippen molar-refractivity contribution in [3.63, 3.8) is 0 Å². The molecule has 1 aromatic carbocycles. The summed E-state index contributed by atoms with van der Waals surface area (Å²) in [6, 6.07) is 4.46. The van der Waals surface area contributed by atoms with Gasteiger partial charge in [-0.25, -0.2) is 14.2 Å². The van der Waals surface area contributed by atoms with Crippen molar-refractivity contribution in [2.75, 3.05) is 6.61 Å². The molecule has 2 aromatic rings. The third-order valence-electron chi connectivity index (χ3n) is 2.45. The average molecular weight is 303 g/mol. The number of oxazole rings is 1. The van der Waals surface area contributed by atoms with Crippen molar-refractivity contribution in [1.82, 2.24) is 4.98 Å². The molecule has 21 heavy (non-hydrogen) atoms. The highest BCUT2D eigenvalue weighted by Crippen LogP contribution is 2.34. The van der Waals surface area contributed by atoms with Gasteiger partial charge in [-0.05, 0) is 31.2 Å². The van der Waals surface area contributed by atoms with E-state index in [4.69, 9.17) is 4.42 Å². The monoisotopic (exact) mass is 303 g/mol. The van der Waals surface area contributed by atoms with Gasteiger partial charge in [0.25, 0.3) is 0 Å². The summed E-state index contributed by atoms with van der Waals surface area (Å²) in [7, 11) is 0. The maximum atomic E-state index is 12.9. The van der Waals surface area contributed by atoms with Crippen LogP contribution in [0.25, 0.3) is 11.5 Å². The minimum Gasteiger partial charge on any atom is -0.460 e. The molecule has 0 aliphatic heterocycles. The molecule has 1 heterocycles. The highest BCUT2D eigenvalue weighted by molar-refractivity contribution is 5.88. The van der Waals surface area contributed by atoms with Crippen molar-refractivity contribution in [2.45, 2.75) is 13.1 Å². The molecule has 0 spiro atoms. The molecule has 8 heteroatoms. The second-order valence-corrected chi connectivity index (χ2v) is 3.92. The molecule has 0 aliphatic carbocycles. The van der Waals surface area contributed by atoms with Crippen molar-refractivity contribution < 1.29 is 31.5 Å². The molecule has 1 aromatic heterocycles. The van der Waals surface area contributed by atoms with Crippen molar-refractivity contribution >= 4 is 5.97 Å². The highest BCUT2D eigenvalue weighted by atomic mass is 19.4. The Morgan fingerprint density at radius 3 is 2.43 bits per heavy atom. The van der Waals surface area contributed by atoms with Gasteiger partial charge in [0.05, 0.1) is 6.61 Å². The van der Waals surface area contributed by atoms with Crippen LogP contribution in [-0.2, 0) is 10.9 Å². The molecule has 0 saturated carbocycles. The predicted molar refractivity (Wildman–Crippen MR) is 62.9 cm³/mol. The van der Waals surface area contributed by atoms with Gasteiger partial charge in [0.15, 0.2) is 5.69 Å². The maximum absolute atomic E-state index is 12.9. The Hall–Kier alpha value is -2.38. The van der Waals surface area contributed by atoms with Gasteiger partial charge in [0, 0.05) is 5.56 Å². The Labute approximate surface area is 116 Å². The van der Waals surface area contributed by atoms with E-state index in [0.717, 1.165) is 12.1 Å². The molecule has 0 aliphatic rings. The molecule has 0 atom stereocenters. The number of carbonyl (C=O) groups excluding carboxylic acids is 1. The summed E-state index contributed by atoms with van der Waals surface area (Å²) in [5.41, 5.74) is -1.36. The van der Waals surface area contributed by atoms with Crippen LogP contribution < -0.4 is 0 Å². The number of ether oxygens (including phenoxy) is 1. The summed E-state index contributed by atoms with van der Waals surface area (Å²) in [5, 5.41) is 0. The van der Waals surface area contributed by atoms with Crippen molar-refractivity contribution in [1.29, 1.82) is 0 Å². The van der Waals surface area contributed by atoms with E-state index in [1.165, 1.54) is 19.1 Å². The number of benzene rings is 1. The van der Waals surface area contributed by atoms with Crippen LogP contribution >= 0.6 is 0 Å². The first kappa shape index (κ1) is 15.0. The summed E-state index contributed by atoms with van der Waals surface area (Å²) in [5.74, 6) is -3.29. The van der Waals surface area contributed by atoms with Gasteiger partial charge >= 0.3 is 12.1 Å². The van der Waals surface area contributed by atoms with E-state index in [1.807, 2.05) is 0 Å². The van der Waals surface area contributed by atoms with Crippen LogP contribution in [0.5, 0.6) is 0 Å². The first-order chi connectivity index (χ1) is 9.82. The van der Waals surface area contributed by atoms with E-state index >= 15 is 0 Å². The van der Waals surface area contributed by atoms with Crippen LogP contribution in [0.2, 0.25) is 0 Å². The molecule has 4 nitrogen and oxygen atoms in total. The lowest BCUT2D eigenvalue weighted by Gasteiger charge is -2.03. The molecule has 0 saturated heterocycles. The van der Waals surface area contributed by atoms with Crippen LogP contribution in [0.3, 0.4) is 0 Å². The number of carbonyl (C=O) groups is 1. The topological polar surface area (TPSA) is 52.3 Å². The first-order valence-electron chi connectivity index (χ1n) is 5.84. The van der Waals surface area contributed by atoms with Crippen molar-refractivity contribution in [3.05, 3.63) is 41.5 Å². The summed E-state index contributed by atoms with van der Waals surface area (Å²) in [4.78, 5) is 14.8. The molecule has 0 bridgehead atoms. The van der Waals surface area contributed by atoms with Crippen LogP contribution in [0.15, 0.2) is 28.7 Å². The second-order valence-electron chi connectivity index (χ2n) is 3.92. The van der Waals surface area contributed by atoms with Crippen LogP contribution in [0, 0.1) is 5.82 Å². The van der Waals surface area contributed by atoms with Crippen molar-refractivity contribution in [3.8, 4) is 11.5 Å². The fraction of sp³-hybridized carbons (Fsp3) is 0.231. The van der Waals surface area contributed by atoms with Gasteiger partial charge in [-0.3, -0.25) is 0 Å². The van der Waals surface area contributed by atoms with Gasteiger partial charge in [-0.15, -0.1) is 0 Å². The quantitative estimate of drug-likeness (QED) is 0.641. The number of hydrogen-bond donors (Lipinski definition) is 0. The second kappa shape index (κ2) is 5.55. The molecule has 0 unspecified atom stereocenters. The zero-order valence-corrected chi connectivity index (χ0v) is 10.7. The van der Waals surface area contributed by atoms with Gasteiger partial charge in [-0.1, -0.05) is 0 Å². The zero-order chi connectivity index (χ0) is 15.6. The summed E-state index contributed by atoms with van der Waals surface area (Å²) in [6.45, 7) is 1.34. The van der Waals surface area contributed by atoms with E-state index in [0.29, 0.717) is 0 Å². The largest absolute Gasteiger partial charge is 0.460 e. The Morgan fingerprint density at radius 1 is 1.29 bits per heavy atom. The molecular weight excluding hydrogens is 294 g/mol. The van der Waals surface area contributed by atoms with Crippen molar-refractivity contribution in [2.24, 2.45) is 0 Å². The molecular formula is C13H9F4NO3. The number of aromatic nitrogens is 1. The maximum Gasteiger partial charge on any atom is 0.437 e. The Balaban J connectivity index is 2.50. The summed E-state index contributed by atoms with van der Waals surface area (Å²) < 4.78 is 60.7. The molecule has 112 valence electrons. The van der Waals surface area contributed by atoms with E-state index in [9.17, 15) is 22.4 Å². The smallest absolute Gasteiger partial charge is 0.437 e. The van der Waals surface area contributed by atoms with E-state index in [2.05, 4.69) is 9.72 Å². The zero-order valence-electron chi connectivity index (χ0n) is 10.7. The van der Waals surface area contributed by atoms with Gasteiger partial charge in [0.1, 0.15) is 5.82 Å². The predicted octanol–water partition coefficient (Wildman–Crippen LogP) is 3.68. The Morgan fingerprint density at radius 2 is 1.90 bits per heavy atom. The number of halogens is 4. The molecule has 0 fully saturated rings. The summed E-state index contributed by atoms with van der Waals surface area (Å²) >= 11 is 0. The molecule has 2 rings (SSSR count). The van der Waals surface area contributed by atoms with E-state index in [1.54, 1.807) is 0 Å². The molecule has 0 N–H and O–H groups in total. The first-order valence-corrected chi connectivity index (χ1v) is 5.84. The molecule has 0 radical (unpaired) electrons. The third-order valence-corrected chi connectivity index (χ3v) is 2.45. The van der Waals surface area contributed by atoms with Crippen LogP contribution in [0.1, 0.15) is 23.2 Å². The number of alkyl halides is 3. The number of nitrogens with zero attached hydrogens (tertiary/aromatic N) is 1. The lowest BCUT2D eigenvalue weighted by atomic mass is 10.2. The summed E-state index contributed by atoms with van der Waals surface area (Å²) in [6.07, 6.45) is -4.87. The minimum absolute atomic E-state index is 0.108. The van der Waals surface area contributed by atoms with Gasteiger partial charge in [0.2, 0.25) is 11.7 Å². The Bertz CT molecular complexity index is 646. The highest BCUT2D eigenvalue weighted by Gasteiger charge is 2.41. The van der Waals surface area contributed by atoms with Crippen LogP contribution in [0.4, 0.5) is 17.6 Å². The minimum atomic E-state index is -4.87. The lowest BCUT2D eigenvalue weighted by Crippen LogP contribution is -2.14. The van der Waals surface area contributed by atoms with Gasteiger partial charge < -0.3 is 9.15 Å². The number of esters is 1. The Kier molecular flexibility index (Phi) is 3.97. The normalized spacial score (nSPS) is 11.5. The van der Waals surface area contributed by atoms with Gasteiger partial charge in [-0.2, -0.15) is 13.2 Å². The third kappa shape index (κ3) is 3.21. The SMILES string of the molecule is CCOC(=O)c1oc(-c2ccc(F)cc2)nc1C(F)(F)F. The number of hydrogen-bond acceptors (Lipinski definition) is 4. The fourth-order valence-electron chi connectivity index (χ4n) is 1.56. The standard InChI is InChI=1S/C13H9F4NO3/c1-2-20-12(19)9-10(13(15,16)17)18-11(21-9)7-3-5-8(14)6-4-7/h3-6H,2H2,1H3. The van der Waals surface area contributed by atoms with E-state index in [-0.39, 0.29) is 12.2 Å². The molecule has 0 amide bonds. The van der Waals surface area contributed by atoms with Crippen LogP contribution in [-0.4, -0.2) is 17.6 Å². The average Bonchev–Trinajstić information content (AvgIpc) is 2.85. The van der Waals surface area contributed by atoms with E-state index < -0.39 is 35.3 Å². The lowest BCUT2D eigenvalue weighted by molar-refractivity contribution is -0.141. The number of rotatable bonds is 3. The fourth-order valence-corrected chi connectivity index (χ4v) is 1.56.